The fourth-order valence-corrected chi connectivity index (χ4v) is 6.02. The van der Waals surface area contributed by atoms with Crippen molar-refractivity contribution in [1.82, 2.24) is 16.0 Å². The van der Waals surface area contributed by atoms with Gasteiger partial charge in [0.05, 0.1) is 22.7 Å². The molecule has 7 heteroatoms. The molecule has 3 heterocycles. The number of hydrogen-bond donors (Lipinski definition) is 3. The van der Waals surface area contributed by atoms with Crippen molar-refractivity contribution in [2.24, 2.45) is 11.3 Å². The third-order valence-electron chi connectivity index (χ3n) is 7.47. The molecule has 5 rings (SSSR count). The summed E-state index contributed by atoms with van der Waals surface area (Å²) in [7, 11) is 0. The predicted molar refractivity (Wildman–Crippen MR) is 105 cm³/mol. The number of rotatable bonds is 8. The van der Waals surface area contributed by atoms with Crippen molar-refractivity contribution in [3.63, 3.8) is 0 Å². The Morgan fingerprint density at radius 3 is 2.54 bits per heavy atom. The third kappa shape index (κ3) is 3.35. The van der Waals surface area contributed by atoms with Gasteiger partial charge in [-0.2, -0.15) is 0 Å². The van der Waals surface area contributed by atoms with Gasteiger partial charge in [-0.05, 0) is 70.9 Å². The highest BCUT2D eigenvalue weighted by atomic mass is 16.5. The first-order chi connectivity index (χ1) is 13.4. The van der Waals surface area contributed by atoms with Crippen LogP contribution in [0.25, 0.3) is 0 Å². The molecular weight excluding hydrogens is 358 g/mol. The van der Waals surface area contributed by atoms with Crippen molar-refractivity contribution < 1.29 is 19.1 Å². The summed E-state index contributed by atoms with van der Waals surface area (Å²) in [5, 5.41) is 9.53. The van der Waals surface area contributed by atoms with Crippen LogP contribution in [0.5, 0.6) is 0 Å². The molecule has 0 unspecified atom stereocenters. The second-order valence-electron chi connectivity index (χ2n) is 9.33. The molecule has 2 bridgehead atoms. The largest absolute Gasteiger partial charge is 0.378 e. The number of carbonyl (C=O) groups is 2. The number of amides is 2. The molecular formula is C21H35N3O4. The summed E-state index contributed by atoms with van der Waals surface area (Å²) in [5.74, 6) is 0.783. The van der Waals surface area contributed by atoms with Gasteiger partial charge in [-0.3, -0.25) is 9.59 Å². The second-order valence-corrected chi connectivity index (χ2v) is 9.33. The molecule has 5 fully saturated rings. The van der Waals surface area contributed by atoms with E-state index in [2.05, 4.69) is 16.0 Å². The predicted octanol–water partition coefficient (Wildman–Crippen LogP) is 1.12. The summed E-state index contributed by atoms with van der Waals surface area (Å²) >= 11 is 0. The first-order valence-corrected chi connectivity index (χ1v) is 11.0. The van der Waals surface area contributed by atoms with Gasteiger partial charge in [0.15, 0.2) is 0 Å². The highest BCUT2D eigenvalue weighted by Crippen LogP contribution is 2.68. The van der Waals surface area contributed by atoms with E-state index in [-0.39, 0.29) is 23.0 Å². The smallest absolute Gasteiger partial charge is 0.229 e. The zero-order valence-corrected chi connectivity index (χ0v) is 17.3. The van der Waals surface area contributed by atoms with E-state index in [0.717, 1.165) is 71.2 Å². The minimum Gasteiger partial charge on any atom is -0.378 e. The topological polar surface area (TPSA) is 88.7 Å². The van der Waals surface area contributed by atoms with Gasteiger partial charge in [-0.15, -0.1) is 0 Å². The van der Waals surface area contributed by atoms with E-state index in [1.807, 2.05) is 6.92 Å². The molecule has 0 atom stereocenters. The summed E-state index contributed by atoms with van der Waals surface area (Å²) in [6, 6.07) is 0. The Hall–Kier alpha value is -1.18. The average molecular weight is 394 g/mol. The van der Waals surface area contributed by atoms with Crippen molar-refractivity contribution in [3.05, 3.63) is 0 Å². The minimum atomic E-state index is -0.430. The highest BCUT2D eigenvalue weighted by molar-refractivity contribution is 5.87. The Balaban J connectivity index is 1.34. The van der Waals surface area contributed by atoms with Gasteiger partial charge in [0.1, 0.15) is 0 Å². The minimum absolute atomic E-state index is 0.0444. The molecule has 3 saturated heterocycles. The van der Waals surface area contributed by atoms with Crippen LogP contribution >= 0.6 is 0 Å². The third-order valence-corrected chi connectivity index (χ3v) is 7.47. The number of nitrogens with one attached hydrogen (secondary N) is 3. The Morgan fingerprint density at radius 2 is 1.89 bits per heavy atom. The normalized spacial score (nSPS) is 37.8. The Labute approximate surface area is 167 Å². The maximum Gasteiger partial charge on any atom is 0.229 e. The number of hydrogen-bond acceptors (Lipinski definition) is 5. The van der Waals surface area contributed by atoms with Gasteiger partial charge in [0, 0.05) is 26.6 Å². The molecule has 1 spiro atoms. The first-order valence-electron chi connectivity index (χ1n) is 11.0. The van der Waals surface area contributed by atoms with Gasteiger partial charge >= 0.3 is 0 Å². The van der Waals surface area contributed by atoms with Gasteiger partial charge in [0.25, 0.3) is 0 Å². The zero-order chi connectivity index (χ0) is 19.8. The molecule has 0 radical (unpaired) electrons. The summed E-state index contributed by atoms with van der Waals surface area (Å²) in [5.41, 5.74) is -1.17. The molecule has 2 aliphatic carbocycles. The molecule has 28 heavy (non-hydrogen) atoms. The number of ether oxygens (including phenoxy) is 2. The molecule has 0 aromatic rings. The summed E-state index contributed by atoms with van der Waals surface area (Å²) in [6.45, 7) is 7.36. The van der Waals surface area contributed by atoms with E-state index in [1.54, 1.807) is 0 Å². The van der Waals surface area contributed by atoms with Crippen molar-refractivity contribution in [2.75, 3.05) is 32.8 Å². The van der Waals surface area contributed by atoms with Gasteiger partial charge in [-0.1, -0.05) is 0 Å². The monoisotopic (exact) mass is 393 g/mol. The molecule has 158 valence electrons. The van der Waals surface area contributed by atoms with E-state index in [0.29, 0.717) is 18.6 Å². The lowest BCUT2D eigenvalue weighted by molar-refractivity contribution is -0.141. The van der Waals surface area contributed by atoms with Crippen LogP contribution in [0.2, 0.25) is 0 Å². The molecule has 3 aliphatic heterocycles. The molecule has 5 aliphatic rings. The fourth-order valence-electron chi connectivity index (χ4n) is 6.02. The Morgan fingerprint density at radius 1 is 1.18 bits per heavy atom. The van der Waals surface area contributed by atoms with E-state index >= 15 is 0 Å². The molecule has 0 aromatic heterocycles. The lowest BCUT2D eigenvalue weighted by atomic mass is 9.53. The van der Waals surface area contributed by atoms with E-state index in [4.69, 9.17) is 9.47 Å². The lowest BCUT2D eigenvalue weighted by Crippen LogP contribution is -2.62. The first kappa shape index (κ1) is 20.1. The molecule has 2 saturated carbocycles. The van der Waals surface area contributed by atoms with Crippen molar-refractivity contribution >= 4 is 11.8 Å². The average Bonchev–Trinajstić information content (AvgIpc) is 3.02. The van der Waals surface area contributed by atoms with Gasteiger partial charge in [-0.25, -0.2) is 0 Å². The van der Waals surface area contributed by atoms with Crippen LogP contribution in [0, 0.1) is 11.3 Å². The van der Waals surface area contributed by atoms with Crippen LogP contribution < -0.4 is 16.0 Å². The second kappa shape index (κ2) is 7.58. The highest BCUT2D eigenvalue weighted by Gasteiger charge is 2.77. The van der Waals surface area contributed by atoms with E-state index in [1.165, 1.54) is 6.92 Å². The maximum atomic E-state index is 13.3. The molecule has 0 aromatic carbocycles. The molecule has 7 nitrogen and oxygen atoms in total. The number of carbonyl (C=O) groups excluding carboxylic acids is 2. The summed E-state index contributed by atoms with van der Waals surface area (Å²) in [6.07, 6.45) is 6.86. The fraction of sp³-hybridized carbons (Fsp3) is 0.905. The lowest BCUT2D eigenvalue weighted by Gasteiger charge is -2.48. The van der Waals surface area contributed by atoms with E-state index in [9.17, 15) is 9.59 Å². The van der Waals surface area contributed by atoms with Crippen LogP contribution in [-0.4, -0.2) is 61.9 Å². The Bertz CT molecular complexity index is 605. The number of piperidine rings is 1. The van der Waals surface area contributed by atoms with Crippen LogP contribution in [0.15, 0.2) is 0 Å². The van der Waals surface area contributed by atoms with E-state index < -0.39 is 5.41 Å². The standard InChI is InChI=1S/C21H35N3O4/c1-3-27-17-10-16(11-17)4-7-23-18(26)20-12-19(13-20,14-24-15(2)25)28-21(20)5-8-22-9-6-21/h16-17,22H,3-14H2,1-2H3,(H,23,26)(H,24,25). The van der Waals surface area contributed by atoms with Crippen molar-refractivity contribution in [1.29, 1.82) is 0 Å². The quantitative estimate of drug-likeness (QED) is 0.575. The van der Waals surface area contributed by atoms with Gasteiger partial charge in [0.2, 0.25) is 11.8 Å². The summed E-state index contributed by atoms with van der Waals surface area (Å²) < 4.78 is 12.2. The van der Waals surface area contributed by atoms with Crippen molar-refractivity contribution in [3.8, 4) is 0 Å². The zero-order valence-electron chi connectivity index (χ0n) is 17.3. The molecule has 2 amide bonds. The van der Waals surface area contributed by atoms with Crippen molar-refractivity contribution in [2.45, 2.75) is 76.1 Å². The van der Waals surface area contributed by atoms with Crippen LogP contribution in [0.3, 0.4) is 0 Å². The Kier molecular flexibility index (Phi) is 5.44. The van der Waals surface area contributed by atoms with Gasteiger partial charge < -0.3 is 25.4 Å². The summed E-state index contributed by atoms with van der Waals surface area (Å²) in [4.78, 5) is 24.7. The van der Waals surface area contributed by atoms with Crippen LogP contribution in [0.1, 0.15) is 58.8 Å². The van der Waals surface area contributed by atoms with Crippen LogP contribution in [0.4, 0.5) is 0 Å². The molecule has 3 N–H and O–H groups in total. The van der Waals surface area contributed by atoms with Crippen LogP contribution in [-0.2, 0) is 19.1 Å². The maximum absolute atomic E-state index is 13.3. The SMILES string of the molecule is CCOC1CC(CCNC(=O)C23CC(CNC(C)=O)(C2)OC32CCNCC2)C1.